The van der Waals surface area contributed by atoms with E-state index in [1.165, 1.54) is 30.7 Å². The highest BCUT2D eigenvalue weighted by molar-refractivity contribution is 7.92. The second-order valence-electron chi connectivity index (χ2n) is 9.39. The molecule has 8 heteroatoms. The molecule has 1 saturated heterocycles. The third-order valence-corrected chi connectivity index (χ3v) is 8.52. The van der Waals surface area contributed by atoms with E-state index in [0.717, 1.165) is 23.0 Å². The van der Waals surface area contributed by atoms with Gasteiger partial charge in [-0.15, -0.1) is 0 Å². The first-order valence-electron chi connectivity index (χ1n) is 12.2. The van der Waals surface area contributed by atoms with E-state index in [0.29, 0.717) is 28.7 Å². The van der Waals surface area contributed by atoms with Crippen molar-refractivity contribution in [3.05, 3.63) is 88.9 Å². The number of carbonyl (C=O) groups is 1. The summed E-state index contributed by atoms with van der Waals surface area (Å²) in [7, 11) is -3.99. The average molecular weight is 526 g/mol. The first-order valence-corrected chi connectivity index (χ1v) is 14.0. The molecule has 0 aromatic heterocycles. The number of nitrogens with zero attached hydrogens (tertiary/aromatic N) is 2. The van der Waals surface area contributed by atoms with Crippen molar-refractivity contribution in [2.45, 2.75) is 38.1 Å². The Balaban J connectivity index is 1.48. The number of amides is 1. The van der Waals surface area contributed by atoms with Crippen LogP contribution in [-0.2, 0) is 21.4 Å². The summed E-state index contributed by atoms with van der Waals surface area (Å²) in [6.45, 7) is 6.15. The SMILES string of the molecule is Cc1ccc(Cl)cc1N(CC(=O)NCc1ccc(N2CCCC(C)C2)cc1)S(=O)(=O)c1ccccc1. The molecule has 1 aliphatic rings. The van der Waals surface area contributed by atoms with Gasteiger partial charge in [0.05, 0.1) is 10.6 Å². The van der Waals surface area contributed by atoms with Gasteiger partial charge in [0.15, 0.2) is 0 Å². The van der Waals surface area contributed by atoms with E-state index in [4.69, 9.17) is 11.6 Å². The molecule has 0 bridgehead atoms. The first kappa shape index (κ1) is 26.0. The Bertz CT molecular complexity index is 1300. The normalized spacial score (nSPS) is 16.0. The van der Waals surface area contributed by atoms with Crippen LogP contribution in [0.4, 0.5) is 11.4 Å². The quantitative estimate of drug-likeness (QED) is 0.427. The van der Waals surface area contributed by atoms with E-state index in [1.54, 1.807) is 43.3 Å². The van der Waals surface area contributed by atoms with Crippen LogP contribution in [0.3, 0.4) is 0 Å². The van der Waals surface area contributed by atoms with Crippen molar-refractivity contribution in [2.75, 3.05) is 28.8 Å². The second-order valence-corrected chi connectivity index (χ2v) is 11.7. The number of nitrogens with one attached hydrogen (secondary N) is 1. The van der Waals surface area contributed by atoms with E-state index in [9.17, 15) is 13.2 Å². The zero-order chi connectivity index (χ0) is 25.7. The Hall–Kier alpha value is -3.03. The van der Waals surface area contributed by atoms with Gasteiger partial charge in [-0.05, 0) is 73.2 Å². The number of halogens is 1. The number of hydrogen-bond donors (Lipinski definition) is 1. The minimum atomic E-state index is -3.99. The predicted molar refractivity (Wildman–Crippen MR) is 146 cm³/mol. The molecule has 1 N–H and O–H groups in total. The van der Waals surface area contributed by atoms with Gasteiger partial charge in [0.25, 0.3) is 10.0 Å². The molecule has 1 amide bonds. The van der Waals surface area contributed by atoms with Gasteiger partial charge >= 0.3 is 0 Å². The summed E-state index contributed by atoms with van der Waals surface area (Å²) < 4.78 is 28.2. The lowest BCUT2D eigenvalue weighted by molar-refractivity contribution is -0.119. The van der Waals surface area contributed by atoms with Crippen LogP contribution in [-0.4, -0.2) is 34.0 Å². The lowest BCUT2D eigenvalue weighted by Gasteiger charge is -2.32. The molecule has 3 aromatic rings. The predicted octanol–water partition coefficient (Wildman–Crippen LogP) is 5.40. The third-order valence-electron chi connectivity index (χ3n) is 6.51. The van der Waals surface area contributed by atoms with Crippen molar-refractivity contribution < 1.29 is 13.2 Å². The molecule has 0 spiro atoms. The van der Waals surface area contributed by atoms with Gasteiger partial charge in [0.2, 0.25) is 5.91 Å². The van der Waals surface area contributed by atoms with Crippen LogP contribution < -0.4 is 14.5 Å². The molecule has 0 aliphatic carbocycles. The summed E-state index contributed by atoms with van der Waals surface area (Å²) in [5, 5.41) is 3.27. The Kier molecular flexibility index (Phi) is 8.21. The highest BCUT2D eigenvalue weighted by Gasteiger charge is 2.28. The van der Waals surface area contributed by atoms with E-state index >= 15 is 0 Å². The maximum Gasteiger partial charge on any atom is 0.264 e. The molecule has 6 nitrogen and oxygen atoms in total. The summed E-state index contributed by atoms with van der Waals surface area (Å²) in [4.78, 5) is 15.5. The summed E-state index contributed by atoms with van der Waals surface area (Å²) in [5.41, 5.74) is 3.22. The van der Waals surface area contributed by atoms with Crippen molar-refractivity contribution in [3.63, 3.8) is 0 Å². The topological polar surface area (TPSA) is 69.7 Å². The van der Waals surface area contributed by atoms with Crippen LogP contribution in [0.2, 0.25) is 5.02 Å². The molecule has 36 heavy (non-hydrogen) atoms. The lowest BCUT2D eigenvalue weighted by Crippen LogP contribution is -2.41. The van der Waals surface area contributed by atoms with Crippen molar-refractivity contribution in [1.82, 2.24) is 5.32 Å². The molecule has 0 saturated carbocycles. The number of piperidine rings is 1. The second kappa shape index (κ2) is 11.4. The smallest absolute Gasteiger partial charge is 0.264 e. The maximum absolute atomic E-state index is 13.5. The number of hydrogen-bond acceptors (Lipinski definition) is 4. The Morgan fingerprint density at radius 2 is 1.81 bits per heavy atom. The van der Waals surface area contributed by atoms with Gasteiger partial charge in [0, 0.05) is 30.3 Å². The van der Waals surface area contributed by atoms with E-state index in [1.807, 2.05) is 12.1 Å². The standard InChI is InChI=1S/C28H32ClN3O3S/c1-21-7-6-16-31(19-21)25-14-11-23(12-15-25)18-30-28(33)20-32(27-17-24(29)13-10-22(27)2)36(34,35)26-8-4-3-5-9-26/h3-5,8-15,17,21H,6-7,16,18-20H2,1-2H3,(H,30,33). The molecule has 1 atom stereocenters. The summed E-state index contributed by atoms with van der Waals surface area (Å²) in [6.07, 6.45) is 2.47. The Morgan fingerprint density at radius 3 is 2.50 bits per heavy atom. The first-order chi connectivity index (χ1) is 17.2. The van der Waals surface area contributed by atoms with Crippen LogP contribution in [0.15, 0.2) is 77.7 Å². The highest BCUT2D eigenvalue weighted by Crippen LogP contribution is 2.29. The number of aryl methyl sites for hydroxylation is 1. The van der Waals surface area contributed by atoms with E-state index in [-0.39, 0.29) is 11.4 Å². The minimum absolute atomic E-state index is 0.111. The molecule has 1 unspecified atom stereocenters. The van der Waals surface area contributed by atoms with Gasteiger partial charge in [-0.25, -0.2) is 8.42 Å². The number of sulfonamides is 1. The van der Waals surface area contributed by atoms with Gasteiger partial charge in [-0.1, -0.05) is 54.9 Å². The van der Waals surface area contributed by atoms with Crippen LogP contribution >= 0.6 is 11.6 Å². The number of benzene rings is 3. The van der Waals surface area contributed by atoms with Gasteiger partial charge in [-0.2, -0.15) is 0 Å². The molecular weight excluding hydrogens is 494 g/mol. The highest BCUT2D eigenvalue weighted by atomic mass is 35.5. The van der Waals surface area contributed by atoms with E-state index < -0.39 is 15.9 Å². The molecule has 190 valence electrons. The van der Waals surface area contributed by atoms with Gasteiger partial charge in [-0.3, -0.25) is 9.10 Å². The number of anilines is 2. The number of rotatable bonds is 8. The fourth-order valence-electron chi connectivity index (χ4n) is 4.51. The van der Waals surface area contributed by atoms with Crippen molar-refractivity contribution in [2.24, 2.45) is 5.92 Å². The number of carbonyl (C=O) groups excluding carboxylic acids is 1. The third kappa shape index (κ3) is 6.20. The summed E-state index contributed by atoms with van der Waals surface area (Å²) >= 11 is 6.19. The zero-order valence-electron chi connectivity index (χ0n) is 20.7. The summed E-state index contributed by atoms with van der Waals surface area (Å²) in [5.74, 6) is 0.291. The fraction of sp³-hybridized carbons (Fsp3) is 0.321. The average Bonchev–Trinajstić information content (AvgIpc) is 2.88. The molecular formula is C28H32ClN3O3S. The van der Waals surface area contributed by atoms with Crippen molar-refractivity contribution >= 4 is 38.9 Å². The Morgan fingerprint density at radius 1 is 1.08 bits per heavy atom. The summed E-state index contributed by atoms with van der Waals surface area (Å²) in [6, 6.07) is 21.3. The molecule has 1 fully saturated rings. The molecule has 3 aromatic carbocycles. The van der Waals surface area contributed by atoms with Crippen molar-refractivity contribution in [3.8, 4) is 0 Å². The van der Waals surface area contributed by atoms with Crippen molar-refractivity contribution in [1.29, 1.82) is 0 Å². The lowest BCUT2D eigenvalue weighted by atomic mass is 9.99. The largest absolute Gasteiger partial charge is 0.371 e. The molecule has 1 aliphatic heterocycles. The van der Waals surface area contributed by atoms with Crippen LogP contribution in [0, 0.1) is 12.8 Å². The van der Waals surface area contributed by atoms with Crippen LogP contribution in [0.25, 0.3) is 0 Å². The fourth-order valence-corrected chi connectivity index (χ4v) is 6.17. The molecule has 4 rings (SSSR count). The van der Waals surface area contributed by atoms with Gasteiger partial charge in [0.1, 0.15) is 6.54 Å². The van der Waals surface area contributed by atoms with Crippen LogP contribution in [0.1, 0.15) is 30.9 Å². The van der Waals surface area contributed by atoms with E-state index in [2.05, 4.69) is 29.3 Å². The minimum Gasteiger partial charge on any atom is -0.371 e. The Labute approximate surface area is 218 Å². The van der Waals surface area contributed by atoms with Gasteiger partial charge < -0.3 is 10.2 Å². The maximum atomic E-state index is 13.5. The monoisotopic (exact) mass is 525 g/mol. The zero-order valence-corrected chi connectivity index (χ0v) is 22.2. The molecule has 0 radical (unpaired) electrons. The molecule has 1 heterocycles. The van der Waals surface area contributed by atoms with Crippen LogP contribution in [0.5, 0.6) is 0 Å².